The number of benzene rings is 1. The van der Waals surface area contributed by atoms with E-state index in [1.807, 2.05) is 30.3 Å². The number of ether oxygens (including phenoxy) is 1. The highest BCUT2D eigenvalue weighted by Gasteiger charge is 2.14. The molecule has 0 unspecified atom stereocenters. The molecule has 0 aliphatic heterocycles. The summed E-state index contributed by atoms with van der Waals surface area (Å²) in [5.41, 5.74) is 0.530. The van der Waals surface area contributed by atoms with Crippen LogP contribution in [-0.2, 0) is 11.3 Å². The molecule has 2 aromatic rings. The van der Waals surface area contributed by atoms with E-state index in [2.05, 4.69) is 10.3 Å². The highest BCUT2D eigenvalue weighted by atomic mass is 19.1. The first-order valence-electron chi connectivity index (χ1n) is 6.41. The topological polar surface area (TPSA) is 71.2 Å². The Hall–Kier alpha value is -2.63. The standard InChI is InChI=1S/C15H15FN2O3/c1-10(13-7-12(16)8-17-14(13)19)18-15(20)21-9-11-5-3-2-4-6-11/h2-8,10H,9H2,1H3,(H,17,19)(H,18,20)/t10-/m1/s1. The number of hydrogen-bond acceptors (Lipinski definition) is 3. The fourth-order valence-corrected chi connectivity index (χ4v) is 1.81. The van der Waals surface area contributed by atoms with Gasteiger partial charge in [0.1, 0.15) is 12.4 Å². The second kappa shape index (κ2) is 6.69. The van der Waals surface area contributed by atoms with E-state index >= 15 is 0 Å². The van der Waals surface area contributed by atoms with Crippen LogP contribution in [0.5, 0.6) is 0 Å². The number of aromatic amines is 1. The summed E-state index contributed by atoms with van der Waals surface area (Å²) in [6.07, 6.45) is 0.293. The van der Waals surface area contributed by atoms with Crippen molar-refractivity contribution in [3.8, 4) is 0 Å². The molecule has 110 valence electrons. The zero-order chi connectivity index (χ0) is 15.2. The maximum absolute atomic E-state index is 13.1. The third kappa shape index (κ3) is 4.17. The van der Waals surface area contributed by atoms with Crippen molar-refractivity contribution in [2.75, 3.05) is 0 Å². The molecule has 0 radical (unpaired) electrons. The predicted octanol–water partition coefficient (Wildman–Crippen LogP) is 2.50. The lowest BCUT2D eigenvalue weighted by Gasteiger charge is -2.13. The molecule has 1 aromatic carbocycles. The van der Waals surface area contributed by atoms with Gasteiger partial charge in [0.25, 0.3) is 5.56 Å². The normalized spacial score (nSPS) is 11.7. The number of pyridine rings is 1. The van der Waals surface area contributed by atoms with E-state index < -0.39 is 23.5 Å². The third-order valence-corrected chi connectivity index (χ3v) is 2.91. The number of alkyl carbamates (subject to hydrolysis) is 1. The number of aromatic nitrogens is 1. The van der Waals surface area contributed by atoms with Crippen LogP contribution in [0.3, 0.4) is 0 Å². The van der Waals surface area contributed by atoms with Crippen molar-refractivity contribution in [1.82, 2.24) is 10.3 Å². The first-order valence-corrected chi connectivity index (χ1v) is 6.41. The van der Waals surface area contributed by atoms with Gasteiger partial charge in [-0.3, -0.25) is 4.79 Å². The van der Waals surface area contributed by atoms with Crippen molar-refractivity contribution in [2.24, 2.45) is 0 Å². The summed E-state index contributed by atoms with van der Waals surface area (Å²) in [4.78, 5) is 25.5. The molecule has 0 saturated carbocycles. The van der Waals surface area contributed by atoms with Crippen molar-refractivity contribution >= 4 is 6.09 Å². The minimum absolute atomic E-state index is 0.124. The SMILES string of the molecule is C[C@@H](NC(=O)OCc1ccccc1)c1cc(F)c[nH]c1=O. The van der Waals surface area contributed by atoms with E-state index in [0.29, 0.717) is 0 Å². The Morgan fingerprint density at radius 3 is 2.81 bits per heavy atom. The summed E-state index contributed by atoms with van der Waals surface area (Å²) in [5.74, 6) is -0.573. The predicted molar refractivity (Wildman–Crippen MR) is 75.2 cm³/mol. The number of halogens is 1. The second-order valence-electron chi connectivity index (χ2n) is 4.53. The second-order valence-corrected chi connectivity index (χ2v) is 4.53. The van der Waals surface area contributed by atoms with Gasteiger partial charge < -0.3 is 15.0 Å². The molecule has 0 fully saturated rings. The molecule has 6 heteroatoms. The van der Waals surface area contributed by atoms with Gasteiger partial charge in [0.2, 0.25) is 0 Å². The molecule has 21 heavy (non-hydrogen) atoms. The summed E-state index contributed by atoms with van der Waals surface area (Å²) in [6, 6.07) is 9.62. The smallest absolute Gasteiger partial charge is 0.407 e. The number of carbonyl (C=O) groups is 1. The molecular weight excluding hydrogens is 275 g/mol. The lowest BCUT2D eigenvalue weighted by Crippen LogP contribution is -2.31. The van der Waals surface area contributed by atoms with Crippen LogP contribution in [0.15, 0.2) is 47.4 Å². The van der Waals surface area contributed by atoms with E-state index in [0.717, 1.165) is 17.8 Å². The number of nitrogens with one attached hydrogen (secondary N) is 2. The Morgan fingerprint density at radius 1 is 1.38 bits per heavy atom. The monoisotopic (exact) mass is 290 g/mol. The summed E-state index contributed by atoms with van der Waals surface area (Å²) in [5, 5.41) is 2.49. The molecule has 1 heterocycles. The summed E-state index contributed by atoms with van der Waals surface area (Å²) in [7, 11) is 0. The van der Waals surface area contributed by atoms with E-state index in [-0.39, 0.29) is 12.2 Å². The number of rotatable bonds is 4. The van der Waals surface area contributed by atoms with Crippen LogP contribution in [-0.4, -0.2) is 11.1 Å². The van der Waals surface area contributed by atoms with Crippen molar-refractivity contribution in [1.29, 1.82) is 0 Å². The molecule has 0 spiro atoms. The van der Waals surface area contributed by atoms with Crippen molar-refractivity contribution < 1.29 is 13.9 Å². The maximum Gasteiger partial charge on any atom is 0.407 e. The van der Waals surface area contributed by atoms with Gasteiger partial charge in [-0.1, -0.05) is 30.3 Å². The van der Waals surface area contributed by atoms with Crippen LogP contribution in [0, 0.1) is 5.82 Å². The highest BCUT2D eigenvalue weighted by Crippen LogP contribution is 2.09. The Labute approximate surface area is 120 Å². The van der Waals surface area contributed by atoms with Gasteiger partial charge in [-0.25, -0.2) is 9.18 Å². The Morgan fingerprint density at radius 2 is 2.10 bits per heavy atom. The first-order chi connectivity index (χ1) is 10.1. The van der Waals surface area contributed by atoms with E-state index in [1.165, 1.54) is 0 Å². The largest absolute Gasteiger partial charge is 0.445 e. The third-order valence-electron chi connectivity index (χ3n) is 2.91. The zero-order valence-corrected chi connectivity index (χ0v) is 11.4. The van der Waals surface area contributed by atoms with E-state index in [4.69, 9.17) is 4.74 Å². The molecule has 2 rings (SSSR count). The fourth-order valence-electron chi connectivity index (χ4n) is 1.81. The van der Waals surface area contributed by atoms with Gasteiger partial charge in [0.15, 0.2) is 0 Å². The number of amides is 1. The molecular formula is C15H15FN2O3. The Kier molecular flexibility index (Phi) is 4.71. The van der Waals surface area contributed by atoms with Gasteiger partial charge in [-0.15, -0.1) is 0 Å². The van der Waals surface area contributed by atoms with E-state index in [9.17, 15) is 14.0 Å². The minimum Gasteiger partial charge on any atom is -0.445 e. The van der Waals surface area contributed by atoms with E-state index in [1.54, 1.807) is 6.92 Å². The van der Waals surface area contributed by atoms with Crippen LogP contribution in [0.1, 0.15) is 24.1 Å². The quantitative estimate of drug-likeness (QED) is 0.908. The average molecular weight is 290 g/mol. The van der Waals surface area contributed by atoms with Crippen molar-refractivity contribution in [3.05, 3.63) is 69.9 Å². The Balaban J connectivity index is 1.93. The maximum atomic E-state index is 13.1. The number of H-pyrrole nitrogens is 1. The highest BCUT2D eigenvalue weighted by molar-refractivity contribution is 5.67. The van der Waals surface area contributed by atoms with Gasteiger partial charge >= 0.3 is 6.09 Å². The van der Waals surface area contributed by atoms with Gasteiger partial charge in [-0.05, 0) is 18.6 Å². The van der Waals surface area contributed by atoms with Crippen LogP contribution in [0.25, 0.3) is 0 Å². The van der Waals surface area contributed by atoms with Crippen LogP contribution >= 0.6 is 0 Å². The van der Waals surface area contributed by atoms with Crippen LogP contribution < -0.4 is 10.9 Å². The summed E-state index contributed by atoms with van der Waals surface area (Å²) in [6.45, 7) is 1.70. The molecule has 0 aliphatic rings. The summed E-state index contributed by atoms with van der Waals surface area (Å²) >= 11 is 0. The first kappa shape index (κ1) is 14.8. The molecule has 2 N–H and O–H groups in total. The minimum atomic E-state index is -0.671. The van der Waals surface area contributed by atoms with Crippen molar-refractivity contribution in [2.45, 2.75) is 19.6 Å². The van der Waals surface area contributed by atoms with Gasteiger partial charge in [-0.2, -0.15) is 0 Å². The number of hydrogen-bond donors (Lipinski definition) is 2. The molecule has 0 aliphatic carbocycles. The van der Waals surface area contributed by atoms with Crippen LogP contribution in [0.4, 0.5) is 9.18 Å². The number of carbonyl (C=O) groups excluding carboxylic acids is 1. The lowest BCUT2D eigenvalue weighted by atomic mass is 10.1. The molecule has 0 bridgehead atoms. The van der Waals surface area contributed by atoms with Gasteiger partial charge in [0, 0.05) is 11.8 Å². The zero-order valence-electron chi connectivity index (χ0n) is 11.4. The van der Waals surface area contributed by atoms with Crippen LogP contribution in [0.2, 0.25) is 0 Å². The average Bonchev–Trinajstić information content (AvgIpc) is 2.48. The molecule has 0 saturated heterocycles. The Bertz CT molecular complexity index is 670. The molecule has 1 aromatic heterocycles. The molecule has 5 nitrogen and oxygen atoms in total. The molecule has 1 atom stereocenters. The fraction of sp³-hybridized carbons (Fsp3) is 0.200. The van der Waals surface area contributed by atoms with Crippen molar-refractivity contribution in [3.63, 3.8) is 0 Å². The lowest BCUT2D eigenvalue weighted by molar-refractivity contribution is 0.136. The van der Waals surface area contributed by atoms with Gasteiger partial charge in [0.05, 0.1) is 6.04 Å². The molecule has 1 amide bonds. The summed E-state index contributed by atoms with van der Waals surface area (Å²) < 4.78 is 18.1.